The molecule has 2 aromatic heterocycles. The molecule has 182 valence electrons. The summed E-state index contributed by atoms with van der Waals surface area (Å²) in [6.07, 6.45) is 9.27. The summed E-state index contributed by atoms with van der Waals surface area (Å²) in [5.74, 6) is -1.11. The third-order valence-electron chi connectivity index (χ3n) is 6.77. The quantitative estimate of drug-likeness (QED) is 0.162. The minimum atomic E-state index is -0.773. The monoisotopic (exact) mass is 492 g/mol. The van der Waals surface area contributed by atoms with Gasteiger partial charge in [0.2, 0.25) is 11.8 Å². The van der Waals surface area contributed by atoms with E-state index in [9.17, 15) is 19.8 Å². The van der Waals surface area contributed by atoms with Gasteiger partial charge in [0.25, 0.3) is 11.1 Å². The second kappa shape index (κ2) is 7.56. The molecule has 0 radical (unpaired) electrons. The molecule has 5 aromatic rings. The maximum atomic E-state index is 13.8. The number of benzene rings is 3. The van der Waals surface area contributed by atoms with Crippen LogP contribution in [0.2, 0.25) is 0 Å². The van der Waals surface area contributed by atoms with Crippen molar-refractivity contribution in [1.29, 1.82) is 10.8 Å². The maximum Gasteiger partial charge on any atom is 0.268 e. The zero-order valence-corrected chi connectivity index (χ0v) is 19.2. The number of nitrogen functional groups attached to an aromatic ring is 2. The Hall–Kier alpha value is -5.38. The molecule has 0 spiro atoms. The van der Waals surface area contributed by atoms with Crippen molar-refractivity contribution in [1.82, 2.24) is 9.13 Å². The Balaban J connectivity index is 1.96. The van der Waals surface area contributed by atoms with E-state index < -0.39 is 33.6 Å². The average molecular weight is 492 g/mol. The summed E-state index contributed by atoms with van der Waals surface area (Å²) in [5.41, 5.74) is 11.6. The minimum Gasteiger partial charge on any atom is -0.494 e. The molecule has 0 unspecified atom stereocenters. The average Bonchev–Trinajstić information content (AvgIpc) is 3.16. The first-order valence-electron chi connectivity index (χ1n) is 11.3. The van der Waals surface area contributed by atoms with E-state index in [4.69, 9.17) is 22.3 Å². The molecule has 0 saturated carbocycles. The van der Waals surface area contributed by atoms with Crippen LogP contribution in [0.3, 0.4) is 0 Å². The van der Waals surface area contributed by atoms with E-state index in [1.807, 2.05) is 6.08 Å². The van der Waals surface area contributed by atoms with Crippen LogP contribution in [0, 0.1) is 10.8 Å². The second-order valence-electron chi connectivity index (χ2n) is 8.75. The Kier molecular flexibility index (Phi) is 4.52. The molecule has 0 bridgehead atoms. The van der Waals surface area contributed by atoms with E-state index >= 15 is 0 Å². The summed E-state index contributed by atoms with van der Waals surface area (Å²) in [4.78, 5) is 27.5. The number of hydrogen-bond donors (Lipinski definition) is 6. The van der Waals surface area contributed by atoms with Crippen molar-refractivity contribution in [3.63, 3.8) is 0 Å². The highest BCUT2D eigenvalue weighted by molar-refractivity contribution is 6.30. The molecule has 8 N–H and O–H groups in total. The minimum absolute atomic E-state index is 0.00203. The lowest BCUT2D eigenvalue weighted by atomic mass is 9.92. The summed E-state index contributed by atoms with van der Waals surface area (Å²) in [5, 5.41) is 38.6. The van der Waals surface area contributed by atoms with E-state index in [1.54, 1.807) is 54.6 Å². The molecule has 0 saturated heterocycles. The van der Waals surface area contributed by atoms with Gasteiger partial charge in [-0.05, 0) is 30.7 Å². The molecule has 0 atom stereocenters. The summed E-state index contributed by atoms with van der Waals surface area (Å²) in [7, 11) is 0. The first-order valence-corrected chi connectivity index (χ1v) is 11.3. The fourth-order valence-electron chi connectivity index (χ4n) is 5.09. The molecule has 0 fully saturated rings. The molecule has 1 aliphatic rings. The number of nitrogens with one attached hydrogen (secondary N) is 2. The van der Waals surface area contributed by atoms with E-state index in [1.165, 1.54) is 0 Å². The third-order valence-corrected chi connectivity index (χ3v) is 6.77. The number of rotatable bonds is 2. The number of allylic oxidation sites excluding steroid dienone is 6. The SMILES string of the molecule is N=c1c(=N)c2c(=O)n(-c3ccccc3)c(O)c3c(N)c(N)c4c(=O)n(C5=CC=CCC=C5)c(O)c1c4c32. The Morgan fingerprint density at radius 2 is 1.32 bits per heavy atom. The van der Waals surface area contributed by atoms with Gasteiger partial charge in [0, 0.05) is 10.8 Å². The number of aromatic hydroxyl groups is 2. The molecule has 0 amide bonds. The van der Waals surface area contributed by atoms with Crippen LogP contribution < -0.4 is 33.3 Å². The normalized spacial score (nSPS) is 13.6. The number of nitrogens with zero attached hydrogens (tertiary/aromatic N) is 2. The van der Waals surface area contributed by atoms with Crippen LogP contribution in [0.25, 0.3) is 43.7 Å². The van der Waals surface area contributed by atoms with Crippen molar-refractivity contribution >= 4 is 49.4 Å². The molecule has 6 rings (SSSR count). The molecule has 10 nitrogen and oxygen atoms in total. The van der Waals surface area contributed by atoms with E-state index in [0.717, 1.165) is 9.13 Å². The van der Waals surface area contributed by atoms with E-state index in [0.29, 0.717) is 17.8 Å². The summed E-state index contributed by atoms with van der Waals surface area (Å²) in [6.45, 7) is 0. The topological polar surface area (TPSA) is 184 Å². The fourth-order valence-corrected chi connectivity index (χ4v) is 5.09. The molecule has 3 aromatic carbocycles. The lowest BCUT2D eigenvalue weighted by Gasteiger charge is -2.21. The standard InChI is InChI=1S/C27H20N6O4/c28-20-16-14-15-18(22(20)30)26(36)33(13-10-6-3-7-11-13)27(37)19(15)23(31)21(29)17(14)25(35)32(24(16)34)12-8-4-1-2-5-9-12/h1,3-11,28,30,34,37H,2,29,31H2. The van der Waals surface area contributed by atoms with Crippen LogP contribution in [-0.4, -0.2) is 19.3 Å². The fraction of sp³-hybridized carbons (Fsp3) is 0.0370. The number of anilines is 2. The molecule has 2 heterocycles. The van der Waals surface area contributed by atoms with Gasteiger partial charge in [-0.25, -0.2) is 9.13 Å². The first-order chi connectivity index (χ1) is 17.8. The smallest absolute Gasteiger partial charge is 0.268 e. The maximum absolute atomic E-state index is 13.8. The summed E-state index contributed by atoms with van der Waals surface area (Å²) < 4.78 is 1.99. The van der Waals surface area contributed by atoms with Crippen LogP contribution in [0.1, 0.15) is 6.42 Å². The van der Waals surface area contributed by atoms with Gasteiger partial charge in [-0.3, -0.25) is 20.4 Å². The lowest BCUT2D eigenvalue weighted by molar-refractivity contribution is 0.443. The van der Waals surface area contributed by atoms with Gasteiger partial charge in [0.15, 0.2) is 0 Å². The van der Waals surface area contributed by atoms with Crippen LogP contribution in [-0.2, 0) is 0 Å². The Bertz CT molecular complexity index is 2120. The number of para-hydroxylation sites is 1. The Labute approximate surface area is 207 Å². The zero-order valence-electron chi connectivity index (χ0n) is 19.2. The largest absolute Gasteiger partial charge is 0.494 e. The van der Waals surface area contributed by atoms with Crippen LogP contribution in [0.15, 0.2) is 70.3 Å². The Morgan fingerprint density at radius 3 is 2.05 bits per heavy atom. The molecule has 0 aliphatic heterocycles. The van der Waals surface area contributed by atoms with Crippen LogP contribution >= 0.6 is 0 Å². The van der Waals surface area contributed by atoms with Crippen LogP contribution in [0.5, 0.6) is 11.8 Å². The second-order valence-corrected chi connectivity index (χ2v) is 8.75. The van der Waals surface area contributed by atoms with Gasteiger partial charge in [0.05, 0.1) is 55.0 Å². The lowest BCUT2D eigenvalue weighted by Crippen LogP contribution is -2.34. The van der Waals surface area contributed by atoms with Crippen molar-refractivity contribution in [3.8, 4) is 17.4 Å². The first kappa shape index (κ1) is 22.1. The van der Waals surface area contributed by atoms with E-state index in [-0.39, 0.29) is 43.7 Å². The molecule has 37 heavy (non-hydrogen) atoms. The summed E-state index contributed by atoms with van der Waals surface area (Å²) in [6, 6.07) is 8.27. The van der Waals surface area contributed by atoms with Crippen molar-refractivity contribution in [3.05, 3.63) is 92.1 Å². The number of nitrogens with two attached hydrogens (primary N) is 2. The summed E-state index contributed by atoms with van der Waals surface area (Å²) >= 11 is 0. The number of aromatic nitrogens is 2. The number of hydrogen-bond acceptors (Lipinski definition) is 8. The molecular weight excluding hydrogens is 472 g/mol. The van der Waals surface area contributed by atoms with Gasteiger partial charge in [-0.1, -0.05) is 36.4 Å². The highest BCUT2D eigenvalue weighted by Crippen LogP contribution is 2.44. The van der Waals surface area contributed by atoms with Crippen molar-refractivity contribution in [2.45, 2.75) is 6.42 Å². The number of pyridine rings is 2. The van der Waals surface area contributed by atoms with Gasteiger partial charge < -0.3 is 21.7 Å². The molecular formula is C27H20N6O4. The van der Waals surface area contributed by atoms with Gasteiger partial charge in [-0.15, -0.1) is 0 Å². The predicted octanol–water partition coefficient (Wildman–Crippen LogP) is 2.23. The highest BCUT2D eigenvalue weighted by Gasteiger charge is 2.29. The van der Waals surface area contributed by atoms with Crippen molar-refractivity contribution in [2.75, 3.05) is 11.5 Å². The zero-order chi connectivity index (χ0) is 26.2. The molecule has 1 aliphatic carbocycles. The van der Waals surface area contributed by atoms with Crippen molar-refractivity contribution in [2.24, 2.45) is 0 Å². The van der Waals surface area contributed by atoms with E-state index in [2.05, 4.69) is 0 Å². The van der Waals surface area contributed by atoms with Gasteiger partial charge in [0.1, 0.15) is 0 Å². The third kappa shape index (κ3) is 2.74. The molecule has 10 heteroatoms. The van der Waals surface area contributed by atoms with Crippen LogP contribution in [0.4, 0.5) is 11.4 Å². The Morgan fingerprint density at radius 1 is 0.730 bits per heavy atom. The van der Waals surface area contributed by atoms with Gasteiger partial charge >= 0.3 is 0 Å². The van der Waals surface area contributed by atoms with Gasteiger partial charge in [-0.2, -0.15) is 0 Å². The predicted molar refractivity (Wildman–Crippen MR) is 142 cm³/mol. The highest BCUT2D eigenvalue weighted by atomic mass is 16.3. The van der Waals surface area contributed by atoms with Crippen molar-refractivity contribution < 1.29 is 10.2 Å².